The lowest BCUT2D eigenvalue weighted by Crippen LogP contribution is -2.25. The van der Waals surface area contributed by atoms with Crippen LogP contribution in [0.5, 0.6) is 5.88 Å². The summed E-state index contributed by atoms with van der Waals surface area (Å²) in [4.78, 5) is 12.4. The summed E-state index contributed by atoms with van der Waals surface area (Å²) in [6.45, 7) is 1.75. The number of nitrogens with zero attached hydrogens (tertiary/aromatic N) is 3. The zero-order valence-electron chi connectivity index (χ0n) is 6.81. The topological polar surface area (TPSA) is 66.3 Å². The molecular formula is C6H9N3O2S. The van der Waals surface area contributed by atoms with Crippen LogP contribution in [0.4, 0.5) is 5.82 Å². The van der Waals surface area contributed by atoms with Crippen LogP contribution in [0.3, 0.4) is 0 Å². The highest BCUT2D eigenvalue weighted by atomic mass is 32.1. The van der Waals surface area contributed by atoms with Crippen molar-refractivity contribution in [2.24, 2.45) is 0 Å². The lowest BCUT2D eigenvalue weighted by atomic mass is 10.4. The third-order valence-corrected chi connectivity index (χ3v) is 1.96. The van der Waals surface area contributed by atoms with E-state index in [2.05, 4.69) is 8.75 Å². The van der Waals surface area contributed by atoms with E-state index in [0.29, 0.717) is 6.42 Å². The van der Waals surface area contributed by atoms with Crippen LogP contribution < -0.4 is 4.90 Å². The molecule has 66 valence electrons. The van der Waals surface area contributed by atoms with Gasteiger partial charge in [0, 0.05) is 13.5 Å². The molecule has 0 aliphatic carbocycles. The van der Waals surface area contributed by atoms with Gasteiger partial charge in [-0.2, -0.15) is 4.37 Å². The fraction of sp³-hybridized carbons (Fsp3) is 0.500. The van der Waals surface area contributed by atoms with Crippen molar-refractivity contribution in [2.75, 3.05) is 11.9 Å². The summed E-state index contributed by atoms with van der Waals surface area (Å²) >= 11 is 0.879. The predicted octanol–water partition coefficient (Wildman–Crippen LogP) is 0.616. The van der Waals surface area contributed by atoms with Gasteiger partial charge in [-0.05, 0) is 0 Å². The monoisotopic (exact) mass is 187 g/mol. The summed E-state index contributed by atoms with van der Waals surface area (Å²) in [6.07, 6.45) is 0.382. The van der Waals surface area contributed by atoms with E-state index >= 15 is 0 Å². The summed E-state index contributed by atoms with van der Waals surface area (Å²) in [5, 5.41) is 9.11. The van der Waals surface area contributed by atoms with Crippen LogP contribution in [0, 0.1) is 0 Å². The predicted molar refractivity (Wildman–Crippen MR) is 45.3 cm³/mol. The Morgan fingerprint density at radius 1 is 1.67 bits per heavy atom. The standard InChI is InChI=1S/C6H9N3O2S/c1-3-4(10)9(2)5-6(11)8-12-7-5/h3H2,1-2H3,(H,8,11). The highest BCUT2D eigenvalue weighted by molar-refractivity contribution is 6.99. The van der Waals surface area contributed by atoms with Gasteiger partial charge in [0.15, 0.2) is 0 Å². The molecule has 0 atom stereocenters. The first-order valence-electron chi connectivity index (χ1n) is 3.45. The molecule has 1 aromatic rings. The third-order valence-electron chi connectivity index (χ3n) is 1.45. The van der Waals surface area contributed by atoms with Crippen molar-refractivity contribution >= 4 is 23.5 Å². The highest BCUT2D eigenvalue weighted by Crippen LogP contribution is 2.22. The van der Waals surface area contributed by atoms with Gasteiger partial charge in [0.05, 0.1) is 11.7 Å². The molecule has 0 aromatic carbocycles. The van der Waals surface area contributed by atoms with E-state index in [-0.39, 0.29) is 17.6 Å². The molecule has 0 spiro atoms. The molecule has 1 heterocycles. The van der Waals surface area contributed by atoms with Crippen molar-refractivity contribution in [1.82, 2.24) is 8.75 Å². The van der Waals surface area contributed by atoms with Crippen molar-refractivity contribution in [3.05, 3.63) is 0 Å². The van der Waals surface area contributed by atoms with Crippen LogP contribution in [0.15, 0.2) is 0 Å². The zero-order chi connectivity index (χ0) is 9.14. The maximum Gasteiger partial charge on any atom is 0.268 e. The first-order chi connectivity index (χ1) is 5.66. The minimum absolute atomic E-state index is 0.0991. The third kappa shape index (κ3) is 1.53. The van der Waals surface area contributed by atoms with E-state index in [4.69, 9.17) is 5.11 Å². The second-order valence-electron chi connectivity index (χ2n) is 2.22. The normalized spacial score (nSPS) is 9.83. The Morgan fingerprint density at radius 2 is 2.33 bits per heavy atom. The average molecular weight is 187 g/mol. The number of rotatable bonds is 2. The van der Waals surface area contributed by atoms with Gasteiger partial charge >= 0.3 is 0 Å². The number of aromatic nitrogens is 2. The van der Waals surface area contributed by atoms with Crippen molar-refractivity contribution in [3.63, 3.8) is 0 Å². The first kappa shape index (κ1) is 8.92. The second-order valence-corrected chi connectivity index (χ2v) is 2.75. The van der Waals surface area contributed by atoms with Crippen LogP contribution in [-0.4, -0.2) is 26.8 Å². The van der Waals surface area contributed by atoms with Gasteiger partial charge < -0.3 is 5.11 Å². The molecular weight excluding hydrogens is 178 g/mol. The van der Waals surface area contributed by atoms with E-state index in [1.807, 2.05) is 0 Å². The minimum Gasteiger partial charge on any atom is -0.490 e. The molecule has 1 rings (SSSR count). The number of hydrogen-bond donors (Lipinski definition) is 1. The first-order valence-corrected chi connectivity index (χ1v) is 4.18. The SMILES string of the molecule is CCC(=O)N(C)c1nsnc1O. The van der Waals surface area contributed by atoms with Gasteiger partial charge in [-0.25, -0.2) is 0 Å². The van der Waals surface area contributed by atoms with Crippen LogP contribution in [-0.2, 0) is 4.79 Å². The molecule has 12 heavy (non-hydrogen) atoms. The fourth-order valence-corrected chi connectivity index (χ4v) is 1.23. The largest absolute Gasteiger partial charge is 0.490 e. The summed E-state index contributed by atoms with van der Waals surface area (Å²) in [5.41, 5.74) is 0. The summed E-state index contributed by atoms with van der Waals surface area (Å²) < 4.78 is 7.32. The van der Waals surface area contributed by atoms with Gasteiger partial charge in [-0.15, -0.1) is 4.37 Å². The second kappa shape index (κ2) is 3.48. The quantitative estimate of drug-likeness (QED) is 0.737. The maximum atomic E-state index is 11.1. The van der Waals surface area contributed by atoms with Crippen LogP contribution >= 0.6 is 11.7 Å². The molecule has 1 N–H and O–H groups in total. The molecule has 0 aliphatic rings. The summed E-state index contributed by atoms with van der Waals surface area (Å²) in [6, 6.07) is 0. The Balaban J connectivity index is 2.84. The van der Waals surface area contributed by atoms with Gasteiger partial charge in [-0.1, -0.05) is 6.92 Å². The number of hydrogen-bond acceptors (Lipinski definition) is 5. The van der Waals surface area contributed by atoms with E-state index < -0.39 is 0 Å². The van der Waals surface area contributed by atoms with Crippen molar-refractivity contribution < 1.29 is 9.90 Å². The average Bonchev–Trinajstić information content (AvgIpc) is 2.48. The Kier molecular flexibility index (Phi) is 2.59. The van der Waals surface area contributed by atoms with Crippen LogP contribution in [0.25, 0.3) is 0 Å². The van der Waals surface area contributed by atoms with E-state index in [1.54, 1.807) is 14.0 Å². The Labute approximate surface area is 74.0 Å². The summed E-state index contributed by atoms with van der Waals surface area (Å²) in [5.74, 6) is -0.0610. The number of carbonyl (C=O) groups is 1. The van der Waals surface area contributed by atoms with Gasteiger partial charge in [0.25, 0.3) is 5.88 Å². The van der Waals surface area contributed by atoms with Crippen molar-refractivity contribution in [3.8, 4) is 5.88 Å². The van der Waals surface area contributed by atoms with E-state index in [9.17, 15) is 4.79 Å². The molecule has 1 aromatic heterocycles. The van der Waals surface area contributed by atoms with Crippen LogP contribution in [0.1, 0.15) is 13.3 Å². The van der Waals surface area contributed by atoms with Gasteiger partial charge in [-0.3, -0.25) is 9.69 Å². The number of aromatic hydroxyl groups is 1. The molecule has 0 radical (unpaired) electrons. The van der Waals surface area contributed by atoms with E-state index in [1.165, 1.54) is 4.90 Å². The molecule has 5 nitrogen and oxygen atoms in total. The molecule has 0 saturated carbocycles. The highest BCUT2D eigenvalue weighted by Gasteiger charge is 2.15. The lowest BCUT2D eigenvalue weighted by Gasteiger charge is -2.11. The van der Waals surface area contributed by atoms with Crippen molar-refractivity contribution in [1.29, 1.82) is 0 Å². The molecule has 0 bridgehead atoms. The maximum absolute atomic E-state index is 11.1. The zero-order valence-corrected chi connectivity index (χ0v) is 7.63. The molecule has 1 amide bonds. The van der Waals surface area contributed by atoms with Gasteiger partial charge in [0.1, 0.15) is 0 Å². The molecule has 0 unspecified atom stereocenters. The molecule has 0 aliphatic heterocycles. The molecule has 0 saturated heterocycles. The number of amides is 1. The number of carbonyl (C=O) groups excluding carboxylic acids is 1. The van der Waals surface area contributed by atoms with E-state index in [0.717, 1.165) is 11.7 Å². The van der Waals surface area contributed by atoms with Gasteiger partial charge in [0.2, 0.25) is 11.7 Å². The Morgan fingerprint density at radius 3 is 2.75 bits per heavy atom. The number of anilines is 1. The molecule has 0 fully saturated rings. The van der Waals surface area contributed by atoms with Crippen molar-refractivity contribution in [2.45, 2.75) is 13.3 Å². The molecule has 6 heteroatoms. The minimum atomic E-state index is -0.190. The smallest absolute Gasteiger partial charge is 0.268 e. The Hall–Kier alpha value is -1.17. The summed E-state index contributed by atoms with van der Waals surface area (Å²) in [7, 11) is 1.56. The fourth-order valence-electron chi connectivity index (χ4n) is 0.746. The Bertz CT molecular complexity index is 286. The van der Waals surface area contributed by atoms with Crippen LogP contribution in [0.2, 0.25) is 0 Å². The lowest BCUT2D eigenvalue weighted by molar-refractivity contribution is -0.118.